The molecule has 110 valence electrons. The number of aryl methyl sites for hydroxylation is 1. The number of carbonyl (C=O) groups excluding carboxylic acids is 1. The van der Waals surface area contributed by atoms with Gasteiger partial charge in [0.2, 0.25) is 5.95 Å². The highest BCUT2D eigenvalue weighted by Crippen LogP contribution is 2.16. The van der Waals surface area contributed by atoms with Crippen molar-refractivity contribution in [1.82, 2.24) is 15.3 Å². The van der Waals surface area contributed by atoms with Crippen LogP contribution in [0.5, 0.6) is 5.75 Å². The van der Waals surface area contributed by atoms with Crippen LogP contribution in [0.1, 0.15) is 28.7 Å². The lowest BCUT2D eigenvalue weighted by Gasteiger charge is -2.12. The van der Waals surface area contributed by atoms with Crippen LogP contribution < -0.4 is 15.8 Å². The van der Waals surface area contributed by atoms with Crippen LogP contribution in [-0.2, 0) is 6.61 Å². The van der Waals surface area contributed by atoms with E-state index < -0.39 is 0 Å². The zero-order valence-electron chi connectivity index (χ0n) is 12.1. The number of rotatable bonds is 5. The monoisotopic (exact) mass is 286 g/mol. The van der Waals surface area contributed by atoms with Crippen molar-refractivity contribution in [3.8, 4) is 5.75 Å². The number of aromatic nitrogens is 2. The van der Waals surface area contributed by atoms with E-state index >= 15 is 0 Å². The number of carbonyl (C=O) groups is 1. The molecule has 21 heavy (non-hydrogen) atoms. The molecule has 0 saturated heterocycles. The number of hydrogen-bond donors (Lipinski definition) is 2. The molecule has 0 bridgehead atoms. The topological polar surface area (TPSA) is 90.1 Å². The fourth-order valence-corrected chi connectivity index (χ4v) is 1.97. The average Bonchev–Trinajstić information content (AvgIpc) is 2.45. The Morgan fingerprint density at radius 3 is 2.67 bits per heavy atom. The van der Waals surface area contributed by atoms with Crippen molar-refractivity contribution in [2.75, 3.05) is 12.3 Å². The minimum Gasteiger partial charge on any atom is -0.487 e. The Hall–Kier alpha value is -2.63. The van der Waals surface area contributed by atoms with Gasteiger partial charge in [0.25, 0.3) is 5.91 Å². The molecule has 0 unspecified atom stereocenters. The quantitative estimate of drug-likeness (QED) is 0.873. The van der Waals surface area contributed by atoms with E-state index in [1.54, 1.807) is 6.92 Å². The van der Waals surface area contributed by atoms with Crippen LogP contribution in [0.15, 0.2) is 30.3 Å². The number of nitrogens with one attached hydrogen (secondary N) is 1. The van der Waals surface area contributed by atoms with Gasteiger partial charge in [0.05, 0.1) is 17.0 Å². The fraction of sp³-hybridized carbons (Fsp3) is 0.267. The van der Waals surface area contributed by atoms with Crippen molar-refractivity contribution in [3.05, 3.63) is 47.3 Å². The second-order valence-corrected chi connectivity index (χ2v) is 4.45. The summed E-state index contributed by atoms with van der Waals surface area (Å²) in [5.74, 6) is 0.614. The van der Waals surface area contributed by atoms with E-state index in [4.69, 9.17) is 10.5 Å². The van der Waals surface area contributed by atoms with Crippen molar-refractivity contribution < 1.29 is 9.53 Å². The lowest BCUT2D eigenvalue weighted by Crippen LogP contribution is -2.26. The van der Waals surface area contributed by atoms with Crippen LogP contribution in [-0.4, -0.2) is 22.4 Å². The van der Waals surface area contributed by atoms with E-state index in [0.717, 1.165) is 0 Å². The predicted molar refractivity (Wildman–Crippen MR) is 80.0 cm³/mol. The summed E-state index contributed by atoms with van der Waals surface area (Å²) in [7, 11) is 0. The first-order valence-corrected chi connectivity index (χ1v) is 6.70. The van der Waals surface area contributed by atoms with Crippen molar-refractivity contribution in [1.29, 1.82) is 0 Å². The van der Waals surface area contributed by atoms with Gasteiger partial charge in [0.1, 0.15) is 12.4 Å². The first-order valence-electron chi connectivity index (χ1n) is 6.70. The number of para-hydroxylation sites is 1. The summed E-state index contributed by atoms with van der Waals surface area (Å²) in [6.07, 6.45) is 0. The van der Waals surface area contributed by atoms with Crippen LogP contribution in [0, 0.1) is 6.92 Å². The highest BCUT2D eigenvalue weighted by atomic mass is 16.5. The Morgan fingerprint density at radius 1 is 1.29 bits per heavy atom. The fourth-order valence-electron chi connectivity index (χ4n) is 1.97. The van der Waals surface area contributed by atoms with Gasteiger partial charge in [-0.1, -0.05) is 18.2 Å². The molecule has 0 fully saturated rings. The smallest absolute Gasteiger partial charge is 0.255 e. The Bertz CT molecular complexity index is 629. The van der Waals surface area contributed by atoms with Crippen molar-refractivity contribution >= 4 is 11.9 Å². The molecule has 2 aromatic rings. The Morgan fingerprint density at radius 2 is 2.00 bits per heavy atom. The zero-order valence-corrected chi connectivity index (χ0v) is 12.1. The highest BCUT2D eigenvalue weighted by molar-refractivity contribution is 5.96. The number of nitrogen functional groups attached to an aromatic ring is 1. The zero-order chi connectivity index (χ0) is 15.2. The summed E-state index contributed by atoms with van der Waals surface area (Å²) in [5.41, 5.74) is 7.10. The highest BCUT2D eigenvalue weighted by Gasteiger charge is 2.18. The van der Waals surface area contributed by atoms with Crippen molar-refractivity contribution in [2.24, 2.45) is 0 Å². The van der Waals surface area contributed by atoms with Crippen LogP contribution in [0.4, 0.5) is 5.95 Å². The number of nitrogens with two attached hydrogens (primary N) is 1. The second kappa shape index (κ2) is 6.69. The third-order valence-corrected chi connectivity index (χ3v) is 2.87. The molecule has 0 radical (unpaired) electrons. The minimum atomic E-state index is -0.221. The molecule has 1 aromatic carbocycles. The van der Waals surface area contributed by atoms with Crippen LogP contribution in [0.25, 0.3) is 0 Å². The van der Waals surface area contributed by atoms with E-state index in [-0.39, 0.29) is 18.5 Å². The average molecular weight is 286 g/mol. The van der Waals surface area contributed by atoms with Gasteiger partial charge >= 0.3 is 0 Å². The van der Waals surface area contributed by atoms with Gasteiger partial charge in [-0.05, 0) is 26.0 Å². The minimum absolute atomic E-state index is 0.132. The lowest BCUT2D eigenvalue weighted by molar-refractivity contribution is 0.0951. The molecule has 2 rings (SSSR count). The third kappa shape index (κ3) is 3.68. The third-order valence-electron chi connectivity index (χ3n) is 2.87. The summed E-state index contributed by atoms with van der Waals surface area (Å²) in [6.45, 7) is 4.27. The molecule has 0 aliphatic heterocycles. The van der Waals surface area contributed by atoms with Crippen LogP contribution in [0.3, 0.4) is 0 Å². The van der Waals surface area contributed by atoms with Gasteiger partial charge in [-0.3, -0.25) is 4.79 Å². The maximum absolute atomic E-state index is 12.1. The SMILES string of the molecule is CCNC(=O)c1c(C)nc(N)nc1COc1ccccc1. The van der Waals surface area contributed by atoms with Gasteiger partial charge in [-0.2, -0.15) is 0 Å². The standard InChI is InChI=1S/C15H18N4O2/c1-3-17-14(20)13-10(2)18-15(16)19-12(13)9-21-11-7-5-4-6-8-11/h4-8H,3,9H2,1-2H3,(H,17,20)(H2,16,18,19). The van der Waals surface area contributed by atoms with Gasteiger partial charge in [0, 0.05) is 6.54 Å². The van der Waals surface area contributed by atoms with E-state index in [1.807, 2.05) is 37.3 Å². The lowest BCUT2D eigenvalue weighted by atomic mass is 10.1. The summed E-state index contributed by atoms with van der Waals surface area (Å²) < 4.78 is 5.65. The molecule has 3 N–H and O–H groups in total. The molecule has 6 nitrogen and oxygen atoms in total. The van der Waals surface area contributed by atoms with Crippen LogP contribution >= 0.6 is 0 Å². The largest absolute Gasteiger partial charge is 0.487 e. The molecule has 1 heterocycles. The van der Waals surface area contributed by atoms with E-state index in [0.29, 0.717) is 29.2 Å². The first kappa shape index (κ1) is 14.8. The van der Waals surface area contributed by atoms with E-state index in [2.05, 4.69) is 15.3 Å². The molecular formula is C15H18N4O2. The van der Waals surface area contributed by atoms with E-state index in [1.165, 1.54) is 0 Å². The maximum Gasteiger partial charge on any atom is 0.255 e. The molecule has 1 amide bonds. The number of anilines is 1. The van der Waals surface area contributed by atoms with Gasteiger partial charge < -0.3 is 15.8 Å². The molecule has 0 spiro atoms. The Labute approximate surface area is 123 Å². The second-order valence-electron chi connectivity index (χ2n) is 4.45. The van der Waals surface area contributed by atoms with Gasteiger partial charge in [-0.25, -0.2) is 9.97 Å². The summed E-state index contributed by atoms with van der Waals surface area (Å²) in [4.78, 5) is 20.3. The summed E-state index contributed by atoms with van der Waals surface area (Å²) in [6, 6.07) is 9.32. The molecule has 0 saturated carbocycles. The Balaban J connectivity index is 2.26. The maximum atomic E-state index is 12.1. The number of hydrogen-bond acceptors (Lipinski definition) is 5. The molecule has 0 atom stereocenters. The number of ether oxygens (including phenoxy) is 1. The number of amides is 1. The molecule has 0 aliphatic rings. The first-order chi connectivity index (χ1) is 10.1. The molecule has 0 aliphatic carbocycles. The molecule has 1 aromatic heterocycles. The summed E-state index contributed by atoms with van der Waals surface area (Å²) >= 11 is 0. The van der Waals surface area contributed by atoms with Gasteiger partial charge in [-0.15, -0.1) is 0 Å². The molecular weight excluding hydrogens is 268 g/mol. The van der Waals surface area contributed by atoms with Crippen LogP contribution in [0.2, 0.25) is 0 Å². The van der Waals surface area contributed by atoms with Crippen molar-refractivity contribution in [2.45, 2.75) is 20.5 Å². The predicted octanol–water partition coefficient (Wildman–Crippen LogP) is 1.70. The van der Waals surface area contributed by atoms with E-state index in [9.17, 15) is 4.79 Å². The summed E-state index contributed by atoms with van der Waals surface area (Å²) in [5, 5.41) is 2.75. The number of nitrogens with zero attached hydrogens (tertiary/aromatic N) is 2. The Kier molecular flexibility index (Phi) is 4.71. The number of benzene rings is 1. The van der Waals surface area contributed by atoms with Crippen molar-refractivity contribution in [3.63, 3.8) is 0 Å². The molecule has 6 heteroatoms. The van der Waals surface area contributed by atoms with Gasteiger partial charge in [0.15, 0.2) is 0 Å². The normalized spacial score (nSPS) is 10.2.